The zero-order valence-electron chi connectivity index (χ0n) is 12.6. The number of allylic oxidation sites excluding steroid dienone is 6. The van der Waals surface area contributed by atoms with Crippen molar-refractivity contribution in [3.05, 3.63) is 62.8 Å². The maximum Gasteiger partial charge on any atom is 0.0692 e. The first-order valence-electron chi connectivity index (χ1n) is 6.93. The summed E-state index contributed by atoms with van der Waals surface area (Å²) >= 11 is 12.8. The maximum atomic E-state index is 6.51. The lowest BCUT2D eigenvalue weighted by molar-refractivity contribution is 0.915. The van der Waals surface area contributed by atoms with Crippen molar-refractivity contribution in [3.63, 3.8) is 0 Å². The monoisotopic (exact) mass is 317 g/mol. The first-order valence-corrected chi connectivity index (χ1v) is 7.68. The average molecular weight is 318 g/mol. The summed E-state index contributed by atoms with van der Waals surface area (Å²) in [5.41, 5.74) is 7.27. The molecule has 0 fully saturated rings. The first kappa shape index (κ1) is 14.5. The van der Waals surface area contributed by atoms with E-state index in [4.69, 9.17) is 23.2 Å². The molecule has 1 nitrogen and oxygen atoms in total. The summed E-state index contributed by atoms with van der Waals surface area (Å²) in [7, 11) is 2.07. The van der Waals surface area contributed by atoms with Gasteiger partial charge in [0.05, 0.1) is 15.6 Å². The SMILES string of the molecule is CC(C)=C1C=CC=C1c1c(C)n(C)c2ccc(Cl)c(Cl)c12. The zero-order chi connectivity index (χ0) is 15.3. The number of benzene rings is 1. The van der Waals surface area contributed by atoms with Crippen molar-refractivity contribution in [2.24, 2.45) is 7.05 Å². The number of nitrogens with zero attached hydrogens (tertiary/aromatic N) is 1. The molecule has 1 heterocycles. The van der Waals surface area contributed by atoms with Gasteiger partial charge in [0.25, 0.3) is 0 Å². The van der Waals surface area contributed by atoms with Crippen LogP contribution in [0, 0.1) is 6.92 Å². The van der Waals surface area contributed by atoms with Gasteiger partial charge in [0, 0.05) is 23.7 Å². The third-order valence-electron chi connectivity index (χ3n) is 4.17. The van der Waals surface area contributed by atoms with Crippen LogP contribution >= 0.6 is 23.2 Å². The van der Waals surface area contributed by atoms with Gasteiger partial charge in [-0.05, 0) is 44.1 Å². The van der Waals surface area contributed by atoms with E-state index in [0.29, 0.717) is 10.0 Å². The van der Waals surface area contributed by atoms with Gasteiger partial charge in [-0.15, -0.1) is 0 Å². The van der Waals surface area contributed by atoms with Crippen LogP contribution in [0.15, 0.2) is 41.5 Å². The molecule has 108 valence electrons. The molecule has 0 N–H and O–H groups in total. The van der Waals surface area contributed by atoms with Crippen molar-refractivity contribution in [3.8, 4) is 0 Å². The highest BCUT2D eigenvalue weighted by atomic mass is 35.5. The third-order valence-corrected chi connectivity index (χ3v) is 4.98. The van der Waals surface area contributed by atoms with E-state index in [1.54, 1.807) is 0 Å². The highest BCUT2D eigenvalue weighted by molar-refractivity contribution is 6.45. The van der Waals surface area contributed by atoms with Crippen molar-refractivity contribution in [2.75, 3.05) is 0 Å². The fourth-order valence-electron chi connectivity index (χ4n) is 2.99. The van der Waals surface area contributed by atoms with Crippen LogP contribution in [-0.4, -0.2) is 4.57 Å². The van der Waals surface area contributed by atoms with Crippen LogP contribution in [0.1, 0.15) is 25.1 Å². The topological polar surface area (TPSA) is 4.93 Å². The molecule has 0 amide bonds. The van der Waals surface area contributed by atoms with Gasteiger partial charge in [0.2, 0.25) is 0 Å². The van der Waals surface area contributed by atoms with E-state index < -0.39 is 0 Å². The predicted molar refractivity (Wildman–Crippen MR) is 93.2 cm³/mol. The van der Waals surface area contributed by atoms with Gasteiger partial charge in [0.15, 0.2) is 0 Å². The molecule has 0 spiro atoms. The number of aromatic nitrogens is 1. The fraction of sp³-hybridized carbons (Fsp3) is 0.222. The Labute approximate surface area is 135 Å². The molecule has 1 aliphatic rings. The third kappa shape index (κ3) is 2.07. The Morgan fingerprint density at radius 2 is 1.86 bits per heavy atom. The van der Waals surface area contributed by atoms with Crippen LogP contribution < -0.4 is 0 Å². The Kier molecular flexibility index (Phi) is 3.51. The summed E-state index contributed by atoms with van der Waals surface area (Å²) in [6.45, 7) is 6.39. The van der Waals surface area contributed by atoms with Gasteiger partial charge in [-0.3, -0.25) is 0 Å². The van der Waals surface area contributed by atoms with E-state index in [9.17, 15) is 0 Å². The molecule has 0 bridgehead atoms. The molecule has 3 rings (SSSR count). The molecule has 1 aromatic carbocycles. The number of hydrogen-bond donors (Lipinski definition) is 0. The minimum atomic E-state index is 0.598. The molecule has 0 saturated carbocycles. The van der Waals surface area contributed by atoms with Crippen molar-refractivity contribution >= 4 is 39.7 Å². The van der Waals surface area contributed by atoms with E-state index in [2.05, 4.69) is 50.6 Å². The van der Waals surface area contributed by atoms with Crippen molar-refractivity contribution in [1.29, 1.82) is 0 Å². The summed E-state index contributed by atoms with van der Waals surface area (Å²) in [6, 6.07) is 3.89. The summed E-state index contributed by atoms with van der Waals surface area (Å²) in [5.74, 6) is 0. The van der Waals surface area contributed by atoms with Gasteiger partial charge in [-0.1, -0.05) is 47.0 Å². The molecule has 0 aliphatic heterocycles. The highest BCUT2D eigenvalue weighted by Gasteiger charge is 2.22. The second-order valence-electron chi connectivity index (χ2n) is 5.63. The molecule has 0 radical (unpaired) electrons. The van der Waals surface area contributed by atoms with E-state index >= 15 is 0 Å². The Bertz CT molecular complexity index is 844. The average Bonchev–Trinajstić information content (AvgIpc) is 3.00. The molecule has 1 aromatic heterocycles. The van der Waals surface area contributed by atoms with Crippen molar-refractivity contribution in [1.82, 2.24) is 4.57 Å². The Hall–Kier alpha value is -1.44. The minimum absolute atomic E-state index is 0.598. The highest BCUT2D eigenvalue weighted by Crippen LogP contribution is 2.42. The molecule has 21 heavy (non-hydrogen) atoms. The van der Waals surface area contributed by atoms with Crippen LogP contribution in [-0.2, 0) is 7.05 Å². The summed E-state index contributed by atoms with van der Waals surface area (Å²) < 4.78 is 2.18. The normalized spacial score (nSPS) is 14.2. The number of rotatable bonds is 1. The second kappa shape index (κ2) is 5.08. The molecule has 0 unspecified atom stereocenters. The van der Waals surface area contributed by atoms with Crippen molar-refractivity contribution < 1.29 is 0 Å². The quantitative estimate of drug-likeness (QED) is 0.600. The molecule has 1 aliphatic carbocycles. The summed E-state index contributed by atoms with van der Waals surface area (Å²) in [4.78, 5) is 0. The molecule has 0 atom stereocenters. The number of halogens is 2. The minimum Gasteiger partial charge on any atom is -0.347 e. The van der Waals surface area contributed by atoms with Gasteiger partial charge in [0.1, 0.15) is 0 Å². The van der Waals surface area contributed by atoms with E-state index in [1.807, 2.05) is 12.1 Å². The largest absolute Gasteiger partial charge is 0.347 e. The van der Waals surface area contributed by atoms with E-state index in [0.717, 1.165) is 10.9 Å². The molecular formula is C18H17Cl2N. The lowest BCUT2D eigenvalue weighted by Gasteiger charge is -2.09. The van der Waals surface area contributed by atoms with Crippen LogP contribution in [0.5, 0.6) is 0 Å². The standard InChI is InChI=1S/C18H17Cl2N/c1-10(2)12-6-5-7-13(12)16-11(3)21(4)15-9-8-14(19)18(20)17(15)16/h5-9H,1-4H3. The molecule has 0 saturated heterocycles. The van der Waals surface area contributed by atoms with Gasteiger partial charge < -0.3 is 4.57 Å². The second-order valence-corrected chi connectivity index (χ2v) is 6.41. The summed E-state index contributed by atoms with van der Waals surface area (Å²) in [6.07, 6.45) is 6.40. The molecule has 2 aromatic rings. The van der Waals surface area contributed by atoms with Crippen LogP contribution in [0.25, 0.3) is 16.5 Å². The van der Waals surface area contributed by atoms with Gasteiger partial charge in [-0.25, -0.2) is 0 Å². The Morgan fingerprint density at radius 1 is 1.14 bits per heavy atom. The van der Waals surface area contributed by atoms with Gasteiger partial charge >= 0.3 is 0 Å². The number of aryl methyl sites for hydroxylation is 1. The first-order chi connectivity index (χ1) is 9.93. The van der Waals surface area contributed by atoms with Gasteiger partial charge in [-0.2, -0.15) is 0 Å². The number of fused-ring (bicyclic) bond motifs is 1. The predicted octanol–water partition coefficient (Wildman–Crippen LogP) is 6.08. The van der Waals surface area contributed by atoms with E-state index in [1.165, 1.54) is 28.0 Å². The lowest BCUT2D eigenvalue weighted by Crippen LogP contribution is -1.93. The molecule has 3 heteroatoms. The number of hydrogen-bond acceptors (Lipinski definition) is 0. The fourth-order valence-corrected chi connectivity index (χ4v) is 3.40. The van der Waals surface area contributed by atoms with Crippen molar-refractivity contribution in [2.45, 2.75) is 20.8 Å². The summed E-state index contributed by atoms with van der Waals surface area (Å²) in [5, 5.41) is 2.27. The Balaban J connectivity index is 2.42. The Morgan fingerprint density at radius 3 is 2.52 bits per heavy atom. The van der Waals surface area contributed by atoms with Crippen LogP contribution in [0.2, 0.25) is 10.0 Å². The van der Waals surface area contributed by atoms with E-state index in [-0.39, 0.29) is 0 Å². The smallest absolute Gasteiger partial charge is 0.0692 e. The maximum absolute atomic E-state index is 6.51. The van der Waals surface area contributed by atoms with Crippen LogP contribution in [0.4, 0.5) is 0 Å². The van der Waals surface area contributed by atoms with Crippen LogP contribution in [0.3, 0.4) is 0 Å². The zero-order valence-corrected chi connectivity index (χ0v) is 14.1. The lowest BCUT2D eigenvalue weighted by atomic mass is 9.95. The molecular weight excluding hydrogens is 301 g/mol.